The van der Waals surface area contributed by atoms with Crippen LogP contribution in [0.25, 0.3) is 0 Å². The number of unbranched alkanes of at least 4 members (excludes halogenated alkanes) is 27. The van der Waals surface area contributed by atoms with Crippen LogP contribution in [0.1, 0.15) is 226 Å². The Morgan fingerprint density at radius 3 is 1.00 bits per heavy atom. The average molecular weight is 621 g/mol. The third-order valence-electron chi connectivity index (χ3n) is 9.33. The van der Waals surface area contributed by atoms with Gasteiger partial charge in [0.15, 0.2) is 0 Å². The first-order valence-electron chi connectivity index (χ1n) is 20.2. The summed E-state index contributed by atoms with van der Waals surface area (Å²) in [5.74, 6) is 0.208. The third kappa shape index (κ3) is 32.3. The molecule has 0 saturated heterocycles. The normalized spacial score (nSPS) is 11.2. The van der Waals surface area contributed by atoms with Gasteiger partial charge in [-0.2, -0.15) is 0 Å². The maximum absolute atomic E-state index is 13.1. The molecular weight excluding hydrogens is 540 g/mol. The van der Waals surface area contributed by atoms with Crippen molar-refractivity contribution in [2.45, 2.75) is 226 Å². The number of nitrogens with one attached hydrogen (secondary N) is 1. The molecule has 0 bridgehead atoms. The summed E-state index contributed by atoms with van der Waals surface area (Å²) >= 11 is 0. The Bertz CT molecular complexity index is 562. The number of hydrogen-bond donors (Lipinski definition) is 1. The van der Waals surface area contributed by atoms with Crippen molar-refractivity contribution in [3.05, 3.63) is 0 Å². The topological polar surface area (TPSA) is 49.4 Å². The van der Waals surface area contributed by atoms with E-state index >= 15 is 0 Å². The van der Waals surface area contributed by atoms with Gasteiger partial charge in [0.05, 0.1) is 0 Å². The van der Waals surface area contributed by atoms with Gasteiger partial charge in [-0.1, -0.05) is 194 Å². The lowest BCUT2D eigenvalue weighted by molar-refractivity contribution is -0.133. The van der Waals surface area contributed by atoms with Gasteiger partial charge in [0.1, 0.15) is 0 Å². The van der Waals surface area contributed by atoms with Gasteiger partial charge in [-0.3, -0.25) is 9.59 Å². The highest BCUT2D eigenvalue weighted by atomic mass is 16.2. The van der Waals surface area contributed by atoms with Gasteiger partial charge in [0.2, 0.25) is 11.8 Å². The maximum atomic E-state index is 13.1. The Morgan fingerprint density at radius 2 is 0.682 bits per heavy atom. The summed E-state index contributed by atoms with van der Waals surface area (Å²) in [6.45, 7) is 9.16. The van der Waals surface area contributed by atoms with Gasteiger partial charge >= 0.3 is 0 Å². The molecule has 0 rings (SSSR count). The van der Waals surface area contributed by atoms with Crippen LogP contribution in [-0.4, -0.2) is 36.3 Å². The number of carbonyl (C=O) groups excluding carboxylic acids is 2. The zero-order valence-corrected chi connectivity index (χ0v) is 30.5. The molecule has 0 saturated carbocycles. The van der Waals surface area contributed by atoms with Crippen molar-refractivity contribution >= 4 is 11.8 Å². The molecule has 0 spiro atoms. The number of rotatable bonds is 36. The molecule has 0 aromatic rings. The standard InChI is InChI=1S/C40H80N2O2/c1-4-7-10-12-14-16-18-20-22-24-26-28-30-32-37-42(40(44)35-34-39(43)41-36-9-6-3)38-33-31-29-27-25-23-21-19-17-15-13-11-8-5-2/h4-38H2,1-3H3,(H,41,43). The Hall–Kier alpha value is -1.06. The lowest BCUT2D eigenvalue weighted by Crippen LogP contribution is -2.34. The highest BCUT2D eigenvalue weighted by Crippen LogP contribution is 2.15. The van der Waals surface area contributed by atoms with E-state index in [4.69, 9.17) is 0 Å². The predicted molar refractivity (Wildman–Crippen MR) is 194 cm³/mol. The lowest BCUT2D eigenvalue weighted by atomic mass is 10.0. The van der Waals surface area contributed by atoms with Crippen molar-refractivity contribution in [3.63, 3.8) is 0 Å². The quantitative estimate of drug-likeness (QED) is 0.0708. The van der Waals surface area contributed by atoms with E-state index in [-0.39, 0.29) is 11.8 Å². The van der Waals surface area contributed by atoms with E-state index in [2.05, 4.69) is 31.0 Å². The summed E-state index contributed by atoms with van der Waals surface area (Å²) in [5, 5.41) is 2.96. The van der Waals surface area contributed by atoms with Crippen molar-refractivity contribution in [1.82, 2.24) is 10.2 Å². The summed E-state index contributed by atoms with van der Waals surface area (Å²) in [4.78, 5) is 27.3. The first-order valence-corrected chi connectivity index (χ1v) is 20.2. The smallest absolute Gasteiger partial charge is 0.223 e. The van der Waals surface area contributed by atoms with Crippen LogP contribution in [0.3, 0.4) is 0 Å². The predicted octanol–water partition coefficient (Wildman–Crippen LogP) is 12.5. The van der Waals surface area contributed by atoms with Gasteiger partial charge in [0.25, 0.3) is 0 Å². The third-order valence-corrected chi connectivity index (χ3v) is 9.33. The van der Waals surface area contributed by atoms with Gasteiger partial charge in [-0.15, -0.1) is 0 Å². The van der Waals surface area contributed by atoms with Crippen LogP contribution in [0.4, 0.5) is 0 Å². The molecule has 4 nitrogen and oxygen atoms in total. The first kappa shape index (κ1) is 42.9. The molecule has 0 fully saturated rings. The summed E-state index contributed by atoms with van der Waals surface area (Å²) in [7, 11) is 0. The summed E-state index contributed by atoms with van der Waals surface area (Å²) in [6, 6.07) is 0. The molecule has 0 aliphatic carbocycles. The Balaban J connectivity index is 4.05. The molecule has 0 atom stereocenters. The minimum atomic E-state index is 0.0275. The Morgan fingerprint density at radius 1 is 0.386 bits per heavy atom. The Labute approximate surface area is 277 Å². The van der Waals surface area contributed by atoms with E-state index in [1.54, 1.807) is 0 Å². The number of amides is 2. The molecule has 0 heterocycles. The number of carbonyl (C=O) groups is 2. The molecule has 2 amide bonds. The maximum Gasteiger partial charge on any atom is 0.223 e. The Kier molecular flexibility index (Phi) is 35.5. The van der Waals surface area contributed by atoms with E-state index in [1.807, 2.05) is 0 Å². The van der Waals surface area contributed by atoms with Crippen molar-refractivity contribution < 1.29 is 9.59 Å². The molecule has 0 aliphatic rings. The molecule has 1 N–H and O–H groups in total. The second-order valence-corrected chi connectivity index (χ2v) is 13.8. The monoisotopic (exact) mass is 621 g/mol. The molecule has 44 heavy (non-hydrogen) atoms. The van der Waals surface area contributed by atoms with Crippen molar-refractivity contribution in [2.75, 3.05) is 19.6 Å². The molecule has 262 valence electrons. The van der Waals surface area contributed by atoms with Crippen LogP contribution in [0.15, 0.2) is 0 Å². The summed E-state index contributed by atoms with van der Waals surface area (Å²) in [6.07, 6.45) is 40.7. The molecule has 0 radical (unpaired) electrons. The van der Waals surface area contributed by atoms with Gasteiger partial charge in [-0.05, 0) is 19.3 Å². The largest absolute Gasteiger partial charge is 0.356 e. The minimum absolute atomic E-state index is 0.0275. The number of nitrogens with zero attached hydrogens (tertiary/aromatic N) is 1. The van der Waals surface area contributed by atoms with E-state index < -0.39 is 0 Å². The van der Waals surface area contributed by atoms with Gasteiger partial charge in [0, 0.05) is 32.5 Å². The summed E-state index contributed by atoms with van der Waals surface area (Å²) < 4.78 is 0. The molecule has 0 aromatic carbocycles. The minimum Gasteiger partial charge on any atom is -0.356 e. The van der Waals surface area contributed by atoms with Crippen LogP contribution in [0.5, 0.6) is 0 Å². The lowest BCUT2D eigenvalue weighted by Gasteiger charge is -2.23. The molecule has 0 aliphatic heterocycles. The van der Waals surface area contributed by atoms with Crippen molar-refractivity contribution in [3.8, 4) is 0 Å². The van der Waals surface area contributed by atoms with Crippen LogP contribution < -0.4 is 5.32 Å². The van der Waals surface area contributed by atoms with Crippen molar-refractivity contribution in [1.29, 1.82) is 0 Å². The van der Waals surface area contributed by atoms with E-state index in [9.17, 15) is 9.59 Å². The fourth-order valence-corrected chi connectivity index (χ4v) is 6.23. The van der Waals surface area contributed by atoms with E-state index in [0.29, 0.717) is 12.8 Å². The highest BCUT2D eigenvalue weighted by molar-refractivity contribution is 5.83. The van der Waals surface area contributed by atoms with Crippen LogP contribution in [0, 0.1) is 0 Å². The summed E-state index contributed by atoms with van der Waals surface area (Å²) in [5.41, 5.74) is 0. The second-order valence-electron chi connectivity index (χ2n) is 13.8. The fraction of sp³-hybridized carbons (Fsp3) is 0.950. The zero-order chi connectivity index (χ0) is 32.2. The van der Waals surface area contributed by atoms with Crippen molar-refractivity contribution in [2.24, 2.45) is 0 Å². The molecule has 0 unspecified atom stereocenters. The first-order chi connectivity index (χ1) is 21.7. The van der Waals surface area contributed by atoms with E-state index in [1.165, 1.54) is 167 Å². The molecule has 4 heteroatoms. The average Bonchev–Trinajstić information content (AvgIpc) is 3.03. The fourth-order valence-electron chi connectivity index (χ4n) is 6.23. The van der Waals surface area contributed by atoms with Gasteiger partial charge in [-0.25, -0.2) is 0 Å². The van der Waals surface area contributed by atoms with E-state index in [0.717, 1.165) is 45.3 Å². The zero-order valence-electron chi connectivity index (χ0n) is 30.5. The highest BCUT2D eigenvalue weighted by Gasteiger charge is 2.14. The number of hydrogen-bond acceptors (Lipinski definition) is 2. The van der Waals surface area contributed by atoms with Crippen LogP contribution >= 0.6 is 0 Å². The van der Waals surface area contributed by atoms with Gasteiger partial charge < -0.3 is 10.2 Å². The SMILES string of the molecule is CCCCCCCCCCCCCCCCN(CCCCCCCCCCCCCCCC)C(=O)CCC(=O)NCCCC. The molecular formula is C40H80N2O2. The van der Waals surface area contributed by atoms with Crippen LogP contribution in [-0.2, 0) is 9.59 Å². The molecule has 0 aromatic heterocycles. The van der Waals surface area contributed by atoms with Crippen LogP contribution in [0.2, 0.25) is 0 Å². The second kappa shape index (κ2) is 36.4.